The molecule has 134 valence electrons. The Labute approximate surface area is 151 Å². The molecule has 0 saturated carbocycles. The zero-order valence-electron chi connectivity index (χ0n) is 13.9. The van der Waals surface area contributed by atoms with Crippen LogP contribution in [0.4, 0.5) is 8.78 Å². The van der Waals surface area contributed by atoms with Crippen molar-refractivity contribution < 1.29 is 13.6 Å². The summed E-state index contributed by atoms with van der Waals surface area (Å²) < 4.78 is 28.2. The maximum atomic E-state index is 13.2. The number of thiophene rings is 1. The molecule has 1 aliphatic rings. The number of carbonyl (C=O) groups is 1. The van der Waals surface area contributed by atoms with Crippen LogP contribution in [0.2, 0.25) is 0 Å². The van der Waals surface area contributed by atoms with Gasteiger partial charge in [-0.25, -0.2) is 13.8 Å². The number of halogens is 2. The lowest BCUT2D eigenvalue weighted by atomic mass is 10.2. The highest BCUT2D eigenvalue weighted by Crippen LogP contribution is 2.28. The number of aromatic nitrogens is 2. The summed E-state index contributed by atoms with van der Waals surface area (Å²) >= 11 is 1.17. The average molecular weight is 375 g/mol. The summed E-state index contributed by atoms with van der Waals surface area (Å²) in [4.78, 5) is 30.6. The van der Waals surface area contributed by atoms with Gasteiger partial charge in [-0.3, -0.25) is 14.2 Å². The van der Waals surface area contributed by atoms with Crippen LogP contribution >= 0.6 is 11.3 Å². The molecular weight excluding hydrogens is 360 g/mol. The molecule has 2 aromatic heterocycles. The summed E-state index contributed by atoms with van der Waals surface area (Å²) in [7, 11) is 0. The first-order chi connectivity index (χ1) is 12.4. The van der Waals surface area contributed by atoms with Gasteiger partial charge >= 0.3 is 0 Å². The van der Waals surface area contributed by atoms with Gasteiger partial charge in [0.05, 0.1) is 10.3 Å². The van der Waals surface area contributed by atoms with Crippen LogP contribution in [0.15, 0.2) is 23.0 Å². The Morgan fingerprint density at radius 1 is 1.31 bits per heavy atom. The molecule has 1 amide bonds. The molecule has 5 nitrogen and oxygen atoms in total. The first kappa shape index (κ1) is 16.8. The van der Waals surface area contributed by atoms with Crippen LogP contribution in [-0.2, 0) is 19.5 Å². The molecule has 3 heterocycles. The predicted octanol–water partition coefficient (Wildman–Crippen LogP) is 2.92. The molecule has 0 radical (unpaired) electrons. The van der Waals surface area contributed by atoms with Gasteiger partial charge in [0.2, 0.25) is 0 Å². The number of carbonyl (C=O) groups excluding carboxylic acids is 1. The van der Waals surface area contributed by atoms with Crippen LogP contribution in [-0.4, -0.2) is 15.5 Å². The Hall–Kier alpha value is -2.61. The van der Waals surface area contributed by atoms with E-state index in [0.717, 1.165) is 24.7 Å². The topological polar surface area (TPSA) is 64.0 Å². The highest BCUT2D eigenvalue weighted by atomic mass is 32.1. The lowest BCUT2D eigenvalue weighted by Crippen LogP contribution is -2.23. The molecule has 0 fully saturated rings. The van der Waals surface area contributed by atoms with Crippen molar-refractivity contribution in [1.29, 1.82) is 0 Å². The fourth-order valence-electron chi connectivity index (χ4n) is 3.27. The number of nitrogens with zero attached hydrogens (tertiary/aromatic N) is 2. The molecule has 1 aromatic carbocycles. The van der Waals surface area contributed by atoms with Gasteiger partial charge in [-0.05, 0) is 36.6 Å². The molecule has 0 atom stereocenters. The van der Waals surface area contributed by atoms with Gasteiger partial charge in [-0.15, -0.1) is 11.3 Å². The highest BCUT2D eigenvalue weighted by molar-refractivity contribution is 7.20. The standard InChI is InChI=1S/C18H15F2N3O2S/c1-9-14-17(22-13-3-2-4-23(13)18(14)25)26-15(9)16(24)21-8-10-5-11(19)7-12(20)6-10/h5-7H,2-4,8H2,1H3,(H,21,24). The molecule has 3 aromatic rings. The summed E-state index contributed by atoms with van der Waals surface area (Å²) in [6.45, 7) is 2.36. The zero-order valence-corrected chi connectivity index (χ0v) is 14.8. The van der Waals surface area contributed by atoms with Crippen molar-refractivity contribution in [3.8, 4) is 0 Å². The summed E-state index contributed by atoms with van der Waals surface area (Å²) in [5.74, 6) is -1.02. The van der Waals surface area contributed by atoms with E-state index in [9.17, 15) is 18.4 Å². The normalized spacial score (nSPS) is 13.2. The third kappa shape index (κ3) is 2.80. The van der Waals surface area contributed by atoms with E-state index >= 15 is 0 Å². The SMILES string of the molecule is Cc1c(C(=O)NCc2cc(F)cc(F)c2)sc2nc3n(c(=O)c12)CCC3. The highest BCUT2D eigenvalue weighted by Gasteiger charge is 2.23. The van der Waals surface area contributed by atoms with E-state index in [1.807, 2.05) is 0 Å². The zero-order chi connectivity index (χ0) is 18.4. The maximum absolute atomic E-state index is 13.2. The van der Waals surface area contributed by atoms with Crippen molar-refractivity contribution in [2.45, 2.75) is 32.9 Å². The summed E-state index contributed by atoms with van der Waals surface area (Å²) in [5.41, 5.74) is 0.807. The maximum Gasteiger partial charge on any atom is 0.262 e. The smallest absolute Gasteiger partial charge is 0.262 e. The Balaban J connectivity index is 1.64. The van der Waals surface area contributed by atoms with Crippen molar-refractivity contribution in [3.63, 3.8) is 0 Å². The average Bonchev–Trinajstić information content (AvgIpc) is 3.17. The number of aryl methyl sites for hydroxylation is 2. The molecule has 0 unspecified atom stereocenters. The van der Waals surface area contributed by atoms with E-state index in [4.69, 9.17) is 0 Å². The Morgan fingerprint density at radius 2 is 2.04 bits per heavy atom. The number of nitrogens with one attached hydrogen (secondary N) is 1. The van der Waals surface area contributed by atoms with E-state index in [1.54, 1.807) is 11.5 Å². The number of amides is 1. The summed E-state index contributed by atoms with van der Waals surface area (Å²) in [6, 6.07) is 3.11. The molecule has 0 aliphatic carbocycles. The van der Waals surface area contributed by atoms with Gasteiger partial charge in [0, 0.05) is 25.6 Å². The monoisotopic (exact) mass is 375 g/mol. The minimum Gasteiger partial charge on any atom is -0.347 e. The molecule has 0 bridgehead atoms. The van der Waals surface area contributed by atoms with E-state index in [-0.39, 0.29) is 18.0 Å². The van der Waals surface area contributed by atoms with Crippen LogP contribution < -0.4 is 10.9 Å². The summed E-state index contributed by atoms with van der Waals surface area (Å²) in [6.07, 6.45) is 1.66. The van der Waals surface area contributed by atoms with Gasteiger partial charge < -0.3 is 5.32 Å². The lowest BCUT2D eigenvalue weighted by Gasteiger charge is -2.05. The van der Waals surface area contributed by atoms with Gasteiger partial charge in [-0.2, -0.15) is 0 Å². The molecule has 0 spiro atoms. The molecule has 0 saturated heterocycles. The van der Waals surface area contributed by atoms with E-state index in [1.165, 1.54) is 23.5 Å². The number of hydrogen-bond donors (Lipinski definition) is 1. The van der Waals surface area contributed by atoms with Crippen molar-refractivity contribution in [2.75, 3.05) is 0 Å². The molecular formula is C18H15F2N3O2S. The molecule has 1 aliphatic heterocycles. The van der Waals surface area contributed by atoms with Crippen molar-refractivity contribution in [1.82, 2.24) is 14.9 Å². The Morgan fingerprint density at radius 3 is 2.77 bits per heavy atom. The predicted molar refractivity (Wildman–Crippen MR) is 94.5 cm³/mol. The minimum absolute atomic E-state index is 0.00981. The lowest BCUT2D eigenvalue weighted by molar-refractivity contribution is 0.0954. The fraction of sp³-hybridized carbons (Fsp3) is 0.278. The van der Waals surface area contributed by atoms with Crippen LogP contribution in [0.3, 0.4) is 0 Å². The Bertz CT molecular complexity index is 1080. The number of fused-ring (bicyclic) bond motifs is 2. The fourth-order valence-corrected chi connectivity index (χ4v) is 4.37. The van der Waals surface area contributed by atoms with Crippen molar-refractivity contribution in [2.24, 2.45) is 0 Å². The van der Waals surface area contributed by atoms with Gasteiger partial charge in [0.25, 0.3) is 11.5 Å². The third-order valence-corrected chi connectivity index (χ3v) is 5.68. The van der Waals surface area contributed by atoms with Crippen LogP contribution in [0.25, 0.3) is 10.2 Å². The number of rotatable bonds is 3. The first-order valence-corrected chi connectivity index (χ1v) is 9.01. The van der Waals surface area contributed by atoms with E-state index < -0.39 is 11.6 Å². The van der Waals surface area contributed by atoms with Crippen LogP contribution in [0.1, 0.15) is 33.0 Å². The first-order valence-electron chi connectivity index (χ1n) is 8.20. The molecule has 1 N–H and O–H groups in total. The Kier molecular flexibility index (Phi) is 4.07. The second-order valence-corrected chi connectivity index (χ2v) is 7.28. The molecule has 8 heteroatoms. The van der Waals surface area contributed by atoms with Crippen LogP contribution in [0.5, 0.6) is 0 Å². The van der Waals surface area contributed by atoms with Crippen molar-refractivity contribution >= 4 is 27.5 Å². The van der Waals surface area contributed by atoms with Gasteiger partial charge in [-0.1, -0.05) is 0 Å². The van der Waals surface area contributed by atoms with Gasteiger partial charge in [0.1, 0.15) is 22.3 Å². The summed E-state index contributed by atoms with van der Waals surface area (Å²) in [5, 5.41) is 3.12. The third-order valence-electron chi connectivity index (χ3n) is 4.49. The largest absolute Gasteiger partial charge is 0.347 e. The van der Waals surface area contributed by atoms with Crippen LogP contribution in [0, 0.1) is 18.6 Å². The quantitative estimate of drug-likeness (QED) is 0.766. The van der Waals surface area contributed by atoms with E-state index in [0.29, 0.717) is 32.8 Å². The minimum atomic E-state index is -0.695. The molecule has 26 heavy (non-hydrogen) atoms. The second kappa shape index (κ2) is 6.28. The number of hydrogen-bond acceptors (Lipinski definition) is 4. The number of benzene rings is 1. The van der Waals surface area contributed by atoms with Gasteiger partial charge in [0.15, 0.2) is 0 Å². The molecule has 4 rings (SSSR count). The second-order valence-electron chi connectivity index (χ2n) is 6.29. The van der Waals surface area contributed by atoms with E-state index in [2.05, 4.69) is 10.3 Å². The van der Waals surface area contributed by atoms with Crippen molar-refractivity contribution in [3.05, 3.63) is 62.0 Å².